The fourth-order valence-electron chi connectivity index (χ4n) is 2.50. The molecule has 0 bridgehead atoms. The fraction of sp³-hybridized carbons (Fsp3) is 0.462. The van der Waals surface area contributed by atoms with Crippen molar-refractivity contribution in [2.24, 2.45) is 0 Å². The maximum Gasteiger partial charge on any atom is 0.313 e. The van der Waals surface area contributed by atoms with Gasteiger partial charge < -0.3 is 4.74 Å². The van der Waals surface area contributed by atoms with Crippen LogP contribution >= 0.6 is 0 Å². The molecule has 1 unspecified atom stereocenters. The predicted molar refractivity (Wildman–Crippen MR) is 59.0 cm³/mol. The van der Waals surface area contributed by atoms with Gasteiger partial charge in [0.05, 0.1) is 12.5 Å². The molecule has 0 amide bonds. The molecule has 1 aromatic carbocycles. The lowest BCUT2D eigenvalue weighted by atomic mass is 9.88. The first-order valence-electron chi connectivity index (χ1n) is 5.34. The van der Waals surface area contributed by atoms with Crippen LogP contribution in [0.25, 0.3) is 0 Å². The Balaban J connectivity index is 2.47. The van der Waals surface area contributed by atoms with Crippen molar-refractivity contribution in [2.75, 3.05) is 6.61 Å². The van der Waals surface area contributed by atoms with E-state index in [-0.39, 0.29) is 11.9 Å². The normalized spacial score (nSPS) is 20.5. The van der Waals surface area contributed by atoms with E-state index in [2.05, 4.69) is 32.9 Å². The Morgan fingerprint density at radius 3 is 2.27 bits per heavy atom. The Kier molecular flexibility index (Phi) is 2.51. The molecule has 1 aliphatic heterocycles. The maximum absolute atomic E-state index is 11.5. The van der Waals surface area contributed by atoms with Gasteiger partial charge in [0.15, 0.2) is 0 Å². The zero-order valence-electron chi connectivity index (χ0n) is 9.46. The minimum Gasteiger partial charge on any atom is -0.465 e. The zero-order chi connectivity index (χ0) is 11.0. The summed E-state index contributed by atoms with van der Waals surface area (Å²) in [5, 5.41) is 0. The summed E-state index contributed by atoms with van der Waals surface area (Å²) in [6.45, 7) is 6.79. The summed E-state index contributed by atoms with van der Waals surface area (Å²) in [6, 6.07) is 4.27. The monoisotopic (exact) mass is 204 g/mol. The number of hydrogen-bond donors (Lipinski definition) is 0. The first-order valence-corrected chi connectivity index (χ1v) is 5.34. The van der Waals surface area contributed by atoms with Gasteiger partial charge in [-0.2, -0.15) is 0 Å². The average Bonchev–Trinajstić information content (AvgIpc) is 2.50. The zero-order valence-corrected chi connectivity index (χ0v) is 9.46. The number of carbonyl (C=O) groups excluding carboxylic acids is 1. The van der Waals surface area contributed by atoms with Crippen molar-refractivity contribution >= 4 is 5.97 Å². The third kappa shape index (κ3) is 1.76. The van der Waals surface area contributed by atoms with E-state index >= 15 is 0 Å². The van der Waals surface area contributed by atoms with Gasteiger partial charge >= 0.3 is 5.97 Å². The number of esters is 1. The molecule has 1 aliphatic rings. The summed E-state index contributed by atoms with van der Waals surface area (Å²) in [6.07, 6.45) is 0.823. The molecule has 2 nitrogen and oxygen atoms in total. The van der Waals surface area contributed by atoms with Gasteiger partial charge in [-0.15, -0.1) is 0 Å². The molecule has 15 heavy (non-hydrogen) atoms. The Labute approximate surface area is 90.3 Å². The molecule has 0 N–H and O–H groups in total. The van der Waals surface area contributed by atoms with Crippen molar-refractivity contribution in [3.8, 4) is 0 Å². The lowest BCUT2D eigenvalue weighted by molar-refractivity contribution is -0.139. The van der Waals surface area contributed by atoms with E-state index < -0.39 is 0 Å². The van der Waals surface area contributed by atoms with Crippen molar-refractivity contribution in [3.05, 3.63) is 34.4 Å². The molecule has 0 radical (unpaired) electrons. The van der Waals surface area contributed by atoms with Crippen molar-refractivity contribution in [1.82, 2.24) is 0 Å². The number of rotatable bonds is 1. The standard InChI is InChI=1S/C13H16O2/c1-8-6-9(2)12(10(3)7-8)11-4-5-15-13(11)14/h6-7,11H,4-5H2,1-3H3. The van der Waals surface area contributed by atoms with E-state index in [0.29, 0.717) is 6.61 Å². The number of aryl methyl sites for hydroxylation is 3. The summed E-state index contributed by atoms with van der Waals surface area (Å²) in [5.41, 5.74) is 4.83. The molecular formula is C13H16O2. The van der Waals surface area contributed by atoms with Gasteiger partial charge in [-0.25, -0.2) is 0 Å². The average molecular weight is 204 g/mol. The van der Waals surface area contributed by atoms with Crippen LogP contribution in [0.4, 0.5) is 0 Å². The van der Waals surface area contributed by atoms with E-state index in [0.717, 1.165) is 6.42 Å². The molecule has 1 fully saturated rings. The minimum atomic E-state index is -0.0648. The number of carbonyl (C=O) groups is 1. The molecule has 1 aromatic rings. The number of hydrogen-bond acceptors (Lipinski definition) is 2. The highest BCUT2D eigenvalue weighted by atomic mass is 16.5. The van der Waals surface area contributed by atoms with Crippen LogP contribution < -0.4 is 0 Å². The van der Waals surface area contributed by atoms with Gasteiger partial charge in [0.1, 0.15) is 0 Å². The van der Waals surface area contributed by atoms with E-state index in [1.165, 1.54) is 22.3 Å². The second-order valence-electron chi connectivity index (χ2n) is 4.32. The van der Waals surface area contributed by atoms with Crippen LogP contribution in [0.2, 0.25) is 0 Å². The van der Waals surface area contributed by atoms with Gasteiger partial charge in [0.25, 0.3) is 0 Å². The molecule has 0 spiro atoms. The van der Waals surface area contributed by atoms with E-state index in [4.69, 9.17) is 4.74 Å². The predicted octanol–water partition coefficient (Wildman–Crippen LogP) is 2.64. The van der Waals surface area contributed by atoms with Crippen molar-refractivity contribution in [3.63, 3.8) is 0 Å². The van der Waals surface area contributed by atoms with Crippen LogP contribution in [-0.2, 0) is 9.53 Å². The van der Waals surface area contributed by atoms with Crippen molar-refractivity contribution < 1.29 is 9.53 Å². The lowest BCUT2D eigenvalue weighted by Crippen LogP contribution is -2.09. The number of cyclic esters (lactones) is 1. The van der Waals surface area contributed by atoms with Crippen LogP contribution in [0.15, 0.2) is 12.1 Å². The fourth-order valence-corrected chi connectivity index (χ4v) is 2.50. The first kappa shape index (κ1) is 10.2. The van der Waals surface area contributed by atoms with Gasteiger partial charge in [-0.3, -0.25) is 4.79 Å². The number of ether oxygens (including phenoxy) is 1. The molecule has 1 heterocycles. The molecule has 0 saturated carbocycles. The van der Waals surface area contributed by atoms with E-state index in [9.17, 15) is 4.79 Å². The molecule has 1 atom stereocenters. The van der Waals surface area contributed by atoms with Crippen LogP contribution in [0.5, 0.6) is 0 Å². The quantitative estimate of drug-likeness (QED) is 0.657. The lowest BCUT2D eigenvalue weighted by Gasteiger charge is -2.14. The minimum absolute atomic E-state index is 0.0365. The highest BCUT2D eigenvalue weighted by Gasteiger charge is 2.30. The van der Waals surface area contributed by atoms with Crippen LogP contribution in [0.3, 0.4) is 0 Å². The molecule has 1 saturated heterocycles. The smallest absolute Gasteiger partial charge is 0.313 e. The summed E-state index contributed by atoms with van der Waals surface area (Å²) in [5.74, 6) is -0.101. The second-order valence-corrected chi connectivity index (χ2v) is 4.32. The van der Waals surface area contributed by atoms with Gasteiger partial charge in [-0.1, -0.05) is 17.7 Å². The van der Waals surface area contributed by atoms with Crippen LogP contribution in [0.1, 0.15) is 34.6 Å². The van der Waals surface area contributed by atoms with Crippen molar-refractivity contribution in [1.29, 1.82) is 0 Å². The van der Waals surface area contributed by atoms with Gasteiger partial charge in [0, 0.05) is 0 Å². The molecule has 2 heteroatoms. The summed E-state index contributed by atoms with van der Waals surface area (Å²) in [4.78, 5) is 11.5. The Morgan fingerprint density at radius 2 is 1.80 bits per heavy atom. The van der Waals surface area contributed by atoms with Gasteiger partial charge in [-0.05, 0) is 43.9 Å². The first-order chi connectivity index (χ1) is 7.09. The molecule has 0 aromatic heterocycles. The molecule has 0 aliphatic carbocycles. The summed E-state index contributed by atoms with van der Waals surface area (Å²) < 4.78 is 5.02. The maximum atomic E-state index is 11.5. The molecule has 80 valence electrons. The SMILES string of the molecule is Cc1cc(C)c(C2CCOC2=O)c(C)c1. The van der Waals surface area contributed by atoms with E-state index in [1.807, 2.05) is 0 Å². The molecular weight excluding hydrogens is 188 g/mol. The van der Waals surface area contributed by atoms with Crippen LogP contribution in [0, 0.1) is 20.8 Å². The van der Waals surface area contributed by atoms with Crippen LogP contribution in [-0.4, -0.2) is 12.6 Å². The molecule has 2 rings (SSSR count). The Hall–Kier alpha value is -1.31. The topological polar surface area (TPSA) is 26.3 Å². The Bertz CT molecular complexity index is 384. The number of benzene rings is 1. The van der Waals surface area contributed by atoms with Gasteiger partial charge in [0.2, 0.25) is 0 Å². The van der Waals surface area contributed by atoms with Crippen molar-refractivity contribution in [2.45, 2.75) is 33.1 Å². The summed E-state index contributed by atoms with van der Waals surface area (Å²) in [7, 11) is 0. The highest BCUT2D eigenvalue weighted by Crippen LogP contribution is 2.32. The third-order valence-corrected chi connectivity index (χ3v) is 3.02. The summed E-state index contributed by atoms with van der Waals surface area (Å²) >= 11 is 0. The Morgan fingerprint density at radius 1 is 1.20 bits per heavy atom. The third-order valence-electron chi connectivity index (χ3n) is 3.02. The van der Waals surface area contributed by atoms with E-state index in [1.54, 1.807) is 0 Å². The largest absolute Gasteiger partial charge is 0.465 e. The second kappa shape index (κ2) is 3.69. The highest BCUT2D eigenvalue weighted by molar-refractivity contribution is 5.80.